The topological polar surface area (TPSA) is 58.2 Å². The van der Waals surface area contributed by atoms with Gasteiger partial charge in [0.05, 0.1) is 4.75 Å². The van der Waals surface area contributed by atoms with Crippen molar-refractivity contribution in [3.8, 4) is 0 Å². The Morgan fingerprint density at radius 1 is 1.04 bits per heavy atom. The lowest BCUT2D eigenvalue weighted by Gasteiger charge is -2.31. The van der Waals surface area contributed by atoms with Gasteiger partial charge in [0, 0.05) is 24.7 Å². The Labute approximate surface area is 147 Å². The summed E-state index contributed by atoms with van der Waals surface area (Å²) in [5.74, 6) is -2.68. The standard InChI is InChI=1S/C17H25F3N2O2S/c1-17(2,3)25(23,24)22-13-6-4-11(5-7-13)10-21-16-14(19)8-12(18)9-15(16)20/h8-9,11,13,21-22H,4-7,10H2,1-3H3/t11-,13-. The van der Waals surface area contributed by atoms with Crippen molar-refractivity contribution in [2.45, 2.75) is 57.2 Å². The highest BCUT2D eigenvalue weighted by Gasteiger charge is 2.32. The number of rotatable bonds is 5. The van der Waals surface area contributed by atoms with Crippen molar-refractivity contribution in [3.63, 3.8) is 0 Å². The fourth-order valence-corrected chi connectivity index (χ4v) is 3.87. The maximum atomic E-state index is 13.6. The highest BCUT2D eigenvalue weighted by Crippen LogP contribution is 2.28. The van der Waals surface area contributed by atoms with Gasteiger partial charge in [-0.05, 0) is 52.4 Å². The van der Waals surface area contributed by atoms with Crippen molar-refractivity contribution in [3.05, 3.63) is 29.6 Å². The van der Waals surface area contributed by atoms with E-state index in [0.717, 1.165) is 12.8 Å². The molecule has 0 bridgehead atoms. The van der Waals surface area contributed by atoms with Gasteiger partial charge in [0.15, 0.2) is 11.6 Å². The summed E-state index contributed by atoms with van der Waals surface area (Å²) in [6.07, 6.45) is 2.84. The van der Waals surface area contributed by atoms with Crippen LogP contribution in [-0.4, -0.2) is 25.8 Å². The molecule has 8 heteroatoms. The van der Waals surface area contributed by atoms with Crippen molar-refractivity contribution in [2.75, 3.05) is 11.9 Å². The Hall–Kier alpha value is -1.28. The van der Waals surface area contributed by atoms with Crippen LogP contribution in [0.1, 0.15) is 46.5 Å². The van der Waals surface area contributed by atoms with Gasteiger partial charge in [-0.3, -0.25) is 0 Å². The van der Waals surface area contributed by atoms with Gasteiger partial charge in [0.1, 0.15) is 11.5 Å². The monoisotopic (exact) mass is 378 g/mol. The minimum absolute atomic E-state index is 0.111. The summed E-state index contributed by atoms with van der Waals surface area (Å²) in [5, 5.41) is 2.71. The number of anilines is 1. The predicted molar refractivity (Wildman–Crippen MR) is 92.4 cm³/mol. The summed E-state index contributed by atoms with van der Waals surface area (Å²) in [6, 6.07) is 1.17. The Morgan fingerprint density at radius 3 is 2.04 bits per heavy atom. The molecule has 142 valence electrons. The molecule has 1 aromatic carbocycles. The summed E-state index contributed by atoms with van der Waals surface area (Å²) < 4.78 is 66.4. The Morgan fingerprint density at radius 2 is 1.56 bits per heavy atom. The molecule has 0 spiro atoms. The second-order valence-electron chi connectivity index (χ2n) is 7.58. The molecule has 0 aromatic heterocycles. The number of nitrogens with one attached hydrogen (secondary N) is 2. The van der Waals surface area contributed by atoms with Gasteiger partial charge in [-0.15, -0.1) is 0 Å². The number of hydrogen-bond acceptors (Lipinski definition) is 3. The molecule has 2 N–H and O–H groups in total. The van der Waals surface area contributed by atoms with Crippen molar-refractivity contribution in [2.24, 2.45) is 5.92 Å². The van der Waals surface area contributed by atoms with Crippen LogP contribution >= 0.6 is 0 Å². The maximum absolute atomic E-state index is 13.6. The zero-order valence-electron chi connectivity index (χ0n) is 14.7. The second kappa shape index (κ2) is 7.53. The number of hydrogen-bond donors (Lipinski definition) is 2. The highest BCUT2D eigenvalue weighted by atomic mass is 32.2. The first kappa shape index (κ1) is 20.0. The second-order valence-corrected chi connectivity index (χ2v) is 10.0. The van der Waals surface area contributed by atoms with E-state index in [1.165, 1.54) is 0 Å². The van der Waals surface area contributed by atoms with Gasteiger partial charge in [-0.25, -0.2) is 26.3 Å². The third kappa shape index (κ3) is 5.10. The molecule has 0 aliphatic heterocycles. The van der Waals surface area contributed by atoms with E-state index in [2.05, 4.69) is 10.0 Å². The first-order valence-corrected chi connectivity index (χ1v) is 9.88. The summed E-state index contributed by atoms with van der Waals surface area (Å²) >= 11 is 0. The van der Waals surface area contributed by atoms with Gasteiger partial charge in [-0.1, -0.05) is 0 Å². The largest absolute Gasteiger partial charge is 0.380 e. The fraction of sp³-hybridized carbons (Fsp3) is 0.647. The van der Waals surface area contributed by atoms with Gasteiger partial charge in [0.25, 0.3) is 0 Å². The van der Waals surface area contributed by atoms with Gasteiger partial charge in [0.2, 0.25) is 10.0 Å². The summed E-state index contributed by atoms with van der Waals surface area (Å²) in [7, 11) is -3.39. The molecule has 1 aliphatic rings. The summed E-state index contributed by atoms with van der Waals surface area (Å²) in [4.78, 5) is 0. The minimum atomic E-state index is -3.39. The number of halogens is 3. The first-order valence-electron chi connectivity index (χ1n) is 8.40. The molecule has 0 atom stereocenters. The molecule has 0 amide bonds. The molecule has 4 nitrogen and oxygen atoms in total. The van der Waals surface area contributed by atoms with Crippen LogP contribution in [0.4, 0.5) is 18.9 Å². The normalized spacial score (nSPS) is 22.0. The molecule has 0 radical (unpaired) electrons. The quantitative estimate of drug-likeness (QED) is 0.820. The Balaban J connectivity index is 1.86. The molecule has 0 heterocycles. The van der Waals surface area contributed by atoms with Crippen LogP contribution in [0, 0.1) is 23.4 Å². The Kier molecular flexibility index (Phi) is 6.04. The van der Waals surface area contributed by atoms with Gasteiger partial charge < -0.3 is 5.32 Å². The zero-order valence-corrected chi connectivity index (χ0v) is 15.5. The minimum Gasteiger partial charge on any atom is -0.380 e. The van der Waals surface area contributed by atoms with Crippen LogP contribution in [0.3, 0.4) is 0 Å². The third-order valence-corrected chi connectivity index (χ3v) is 6.81. The molecule has 1 aliphatic carbocycles. The molecular formula is C17H25F3N2O2S. The van der Waals surface area contributed by atoms with Crippen LogP contribution in [0.2, 0.25) is 0 Å². The van der Waals surface area contributed by atoms with E-state index in [-0.39, 0.29) is 17.6 Å². The first-order chi connectivity index (χ1) is 11.5. The molecule has 1 fully saturated rings. The Bertz CT molecular complexity index is 686. The molecule has 2 rings (SSSR count). The van der Waals surface area contributed by atoms with Crippen molar-refractivity contribution < 1.29 is 21.6 Å². The summed E-state index contributed by atoms with van der Waals surface area (Å²) in [5.41, 5.74) is -0.322. The van der Waals surface area contributed by atoms with Crippen molar-refractivity contribution in [1.82, 2.24) is 4.72 Å². The van der Waals surface area contributed by atoms with E-state index in [1.807, 2.05) is 0 Å². The van der Waals surface area contributed by atoms with Crippen LogP contribution in [0.5, 0.6) is 0 Å². The lowest BCUT2D eigenvalue weighted by atomic mass is 9.86. The molecule has 1 saturated carbocycles. The lowest BCUT2D eigenvalue weighted by Crippen LogP contribution is -2.46. The SMILES string of the molecule is CC(C)(C)S(=O)(=O)N[C@H]1CC[C@H](CNc2c(F)cc(F)cc2F)CC1. The van der Waals surface area contributed by atoms with E-state index in [0.29, 0.717) is 31.5 Å². The molecule has 0 unspecified atom stereocenters. The molecule has 25 heavy (non-hydrogen) atoms. The molecule has 1 aromatic rings. The molecular weight excluding hydrogens is 353 g/mol. The predicted octanol–water partition coefficient (Wildman–Crippen LogP) is 3.79. The van der Waals surface area contributed by atoms with Crippen LogP contribution < -0.4 is 10.0 Å². The van der Waals surface area contributed by atoms with Crippen LogP contribution in [0.25, 0.3) is 0 Å². The maximum Gasteiger partial charge on any atom is 0.216 e. The fourth-order valence-electron chi connectivity index (χ4n) is 2.84. The highest BCUT2D eigenvalue weighted by molar-refractivity contribution is 7.90. The van der Waals surface area contributed by atoms with Gasteiger partial charge in [-0.2, -0.15) is 0 Å². The van der Waals surface area contributed by atoms with Crippen molar-refractivity contribution >= 4 is 15.7 Å². The smallest absolute Gasteiger partial charge is 0.216 e. The van der Waals surface area contributed by atoms with Crippen molar-refractivity contribution in [1.29, 1.82) is 0 Å². The number of sulfonamides is 1. The van der Waals surface area contributed by atoms with E-state index in [9.17, 15) is 21.6 Å². The average Bonchev–Trinajstić information content (AvgIpc) is 2.46. The zero-order chi connectivity index (χ0) is 18.8. The van der Waals surface area contributed by atoms with Crippen LogP contribution in [0.15, 0.2) is 12.1 Å². The van der Waals surface area contributed by atoms with Crippen LogP contribution in [-0.2, 0) is 10.0 Å². The lowest BCUT2D eigenvalue weighted by molar-refractivity contribution is 0.322. The number of benzene rings is 1. The summed E-state index contributed by atoms with van der Waals surface area (Å²) in [6.45, 7) is 5.31. The van der Waals surface area contributed by atoms with Gasteiger partial charge >= 0.3 is 0 Å². The van der Waals surface area contributed by atoms with E-state index in [4.69, 9.17) is 0 Å². The molecule has 0 saturated heterocycles. The average molecular weight is 378 g/mol. The third-order valence-electron chi connectivity index (χ3n) is 4.55. The van der Waals surface area contributed by atoms with E-state index >= 15 is 0 Å². The van der Waals surface area contributed by atoms with E-state index < -0.39 is 32.2 Å². The van der Waals surface area contributed by atoms with E-state index in [1.54, 1.807) is 20.8 Å².